The second kappa shape index (κ2) is 2.42. The van der Waals surface area contributed by atoms with E-state index in [9.17, 15) is 0 Å². The Morgan fingerprint density at radius 3 is 2.43 bits per heavy atom. The largest absolute Gasteiger partial charge is 0.470 e. The number of aryl methyl sites for hydroxylation is 1. The van der Waals surface area contributed by atoms with Crippen molar-refractivity contribution in [1.29, 1.82) is 0 Å². The van der Waals surface area contributed by atoms with Crippen LogP contribution in [-0.2, 0) is 0 Å². The molecule has 0 spiro atoms. The average Bonchev–Trinajstić information content (AvgIpc) is 1.86. The second-order valence-corrected chi connectivity index (χ2v) is 1.22. The molecule has 0 saturated heterocycles. The normalized spacial score (nSPS) is 7.57. The fraction of sp³-hybridized carbons (Fsp3) is 0.200. The smallest absolute Gasteiger partial charge is 0.100 e. The zero-order valence-electron chi connectivity index (χ0n) is 4.14. The Bertz CT molecular complexity index is 110. The van der Waals surface area contributed by atoms with E-state index in [0.717, 1.165) is 5.76 Å². The Morgan fingerprint density at radius 2 is 2.29 bits per heavy atom. The SMILES string of the molecule is Cc1ccco1.O. The van der Waals surface area contributed by atoms with Gasteiger partial charge in [-0.3, -0.25) is 0 Å². The molecule has 1 aromatic rings. The predicted octanol–water partition coefficient (Wildman–Crippen LogP) is 0.763. The maximum Gasteiger partial charge on any atom is 0.100 e. The Hall–Kier alpha value is -0.760. The lowest BCUT2D eigenvalue weighted by Gasteiger charge is -1.69. The molecule has 1 aromatic heterocycles. The van der Waals surface area contributed by atoms with Crippen LogP contribution >= 0.6 is 0 Å². The molecule has 0 saturated carbocycles. The summed E-state index contributed by atoms with van der Waals surface area (Å²) in [7, 11) is 0. The van der Waals surface area contributed by atoms with Crippen molar-refractivity contribution in [2.45, 2.75) is 6.92 Å². The highest BCUT2D eigenvalue weighted by atomic mass is 16.3. The molecule has 0 bridgehead atoms. The molecule has 0 aliphatic heterocycles. The maximum atomic E-state index is 4.83. The second-order valence-electron chi connectivity index (χ2n) is 1.22. The molecule has 0 aliphatic rings. The topological polar surface area (TPSA) is 44.6 Å². The highest BCUT2D eigenvalue weighted by molar-refractivity contribution is 4.93. The molecule has 1 rings (SSSR count). The van der Waals surface area contributed by atoms with Crippen molar-refractivity contribution in [3.63, 3.8) is 0 Å². The molecule has 0 atom stereocenters. The summed E-state index contributed by atoms with van der Waals surface area (Å²) in [6, 6.07) is 3.79. The minimum atomic E-state index is 0. The molecule has 0 fully saturated rings. The van der Waals surface area contributed by atoms with Crippen LogP contribution < -0.4 is 0 Å². The first kappa shape index (κ1) is 6.24. The molecule has 2 nitrogen and oxygen atoms in total. The van der Waals surface area contributed by atoms with Crippen molar-refractivity contribution in [2.24, 2.45) is 0 Å². The summed E-state index contributed by atoms with van der Waals surface area (Å²) in [5.41, 5.74) is 0. The van der Waals surface area contributed by atoms with Gasteiger partial charge in [-0.2, -0.15) is 0 Å². The van der Waals surface area contributed by atoms with E-state index >= 15 is 0 Å². The average molecular weight is 100 g/mol. The molecule has 0 aromatic carbocycles. The molecule has 2 N–H and O–H groups in total. The van der Waals surface area contributed by atoms with Crippen molar-refractivity contribution in [3.05, 3.63) is 24.2 Å². The predicted molar refractivity (Wildman–Crippen MR) is 27.1 cm³/mol. The third kappa shape index (κ3) is 1.41. The van der Waals surface area contributed by atoms with Crippen LogP contribution in [0.5, 0.6) is 0 Å². The van der Waals surface area contributed by atoms with E-state index in [1.807, 2.05) is 19.1 Å². The van der Waals surface area contributed by atoms with E-state index in [1.165, 1.54) is 0 Å². The van der Waals surface area contributed by atoms with E-state index in [2.05, 4.69) is 0 Å². The van der Waals surface area contributed by atoms with Crippen LogP contribution in [0.25, 0.3) is 0 Å². The molecule has 0 unspecified atom stereocenters. The van der Waals surface area contributed by atoms with Gasteiger partial charge in [-0.25, -0.2) is 0 Å². The summed E-state index contributed by atoms with van der Waals surface area (Å²) in [4.78, 5) is 0. The molecule has 0 aliphatic carbocycles. The van der Waals surface area contributed by atoms with Crippen LogP contribution in [0.4, 0.5) is 0 Å². The summed E-state index contributed by atoms with van der Waals surface area (Å²) in [5.74, 6) is 0.968. The van der Waals surface area contributed by atoms with Crippen molar-refractivity contribution in [1.82, 2.24) is 0 Å². The first-order chi connectivity index (χ1) is 2.89. The third-order valence-electron chi connectivity index (χ3n) is 0.663. The molecular formula is C5H8O2. The van der Waals surface area contributed by atoms with Crippen molar-refractivity contribution in [2.75, 3.05) is 0 Å². The molecule has 0 amide bonds. The van der Waals surface area contributed by atoms with Crippen LogP contribution in [-0.4, -0.2) is 5.48 Å². The van der Waals surface area contributed by atoms with Gasteiger partial charge < -0.3 is 9.89 Å². The van der Waals surface area contributed by atoms with Crippen molar-refractivity contribution >= 4 is 0 Å². The summed E-state index contributed by atoms with van der Waals surface area (Å²) in [6.45, 7) is 1.92. The number of furan rings is 1. The van der Waals surface area contributed by atoms with Gasteiger partial charge in [0.25, 0.3) is 0 Å². The van der Waals surface area contributed by atoms with Crippen LogP contribution in [0.1, 0.15) is 5.76 Å². The fourth-order valence-corrected chi connectivity index (χ4v) is 0.361. The lowest BCUT2D eigenvalue weighted by Crippen LogP contribution is -1.48. The lowest BCUT2D eigenvalue weighted by molar-refractivity contribution is 0.534. The van der Waals surface area contributed by atoms with Crippen LogP contribution in [0.3, 0.4) is 0 Å². The van der Waals surface area contributed by atoms with Gasteiger partial charge in [0.2, 0.25) is 0 Å². The van der Waals surface area contributed by atoms with E-state index in [1.54, 1.807) is 6.26 Å². The van der Waals surface area contributed by atoms with Crippen LogP contribution in [0, 0.1) is 6.92 Å². The van der Waals surface area contributed by atoms with Crippen molar-refractivity contribution in [3.8, 4) is 0 Å². The van der Waals surface area contributed by atoms with Gasteiger partial charge in [-0.05, 0) is 19.1 Å². The molecule has 1 heterocycles. The minimum Gasteiger partial charge on any atom is -0.470 e. The van der Waals surface area contributed by atoms with Gasteiger partial charge in [-0.1, -0.05) is 0 Å². The Kier molecular flexibility index (Phi) is 2.16. The summed E-state index contributed by atoms with van der Waals surface area (Å²) < 4.78 is 4.83. The first-order valence-electron chi connectivity index (χ1n) is 1.90. The first-order valence-corrected chi connectivity index (χ1v) is 1.90. The summed E-state index contributed by atoms with van der Waals surface area (Å²) in [5, 5.41) is 0. The summed E-state index contributed by atoms with van der Waals surface area (Å²) in [6.07, 6.45) is 1.66. The number of rotatable bonds is 0. The summed E-state index contributed by atoms with van der Waals surface area (Å²) >= 11 is 0. The zero-order valence-corrected chi connectivity index (χ0v) is 4.14. The van der Waals surface area contributed by atoms with Crippen LogP contribution in [0.2, 0.25) is 0 Å². The highest BCUT2D eigenvalue weighted by Gasteiger charge is 1.75. The third-order valence-corrected chi connectivity index (χ3v) is 0.663. The Morgan fingerprint density at radius 1 is 1.57 bits per heavy atom. The minimum absolute atomic E-state index is 0. The molecule has 7 heavy (non-hydrogen) atoms. The molecular weight excluding hydrogens is 92.1 g/mol. The van der Waals surface area contributed by atoms with Gasteiger partial charge in [0.15, 0.2) is 0 Å². The van der Waals surface area contributed by atoms with E-state index in [-0.39, 0.29) is 5.48 Å². The number of hydrogen-bond acceptors (Lipinski definition) is 1. The van der Waals surface area contributed by atoms with Crippen LogP contribution in [0.15, 0.2) is 22.8 Å². The van der Waals surface area contributed by atoms with Gasteiger partial charge in [0.05, 0.1) is 6.26 Å². The van der Waals surface area contributed by atoms with Gasteiger partial charge in [0, 0.05) is 0 Å². The van der Waals surface area contributed by atoms with E-state index in [0.29, 0.717) is 0 Å². The number of hydrogen-bond donors (Lipinski definition) is 0. The van der Waals surface area contributed by atoms with Gasteiger partial charge >= 0.3 is 0 Å². The lowest BCUT2D eigenvalue weighted by atomic mass is 10.5. The Balaban J connectivity index is 0.000000360. The van der Waals surface area contributed by atoms with E-state index in [4.69, 9.17) is 4.42 Å². The quantitative estimate of drug-likeness (QED) is 0.474. The Labute approximate surface area is 42.1 Å². The molecule has 2 heteroatoms. The monoisotopic (exact) mass is 100 g/mol. The van der Waals surface area contributed by atoms with E-state index < -0.39 is 0 Å². The fourth-order valence-electron chi connectivity index (χ4n) is 0.361. The zero-order chi connectivity index (χ0) is 4.41. The molecule has 40 valence electrons. The standard InChI is InChI=1S/C5H6O.H2O/c1-5-3-2-4-6-5;/h2-4H,1H3;1H2. The molecule has 0 radical (unpaired) electrons. The maximum absolute atomic E-state index is 4.83. The highest BCUT2D eigenvalue weighted by Crippen LogP contribution is 1.93. The van der Waals surface area contributed by atoms with Gasteiger partial charge in [0.1, 0.15) is 5.76 Å². The van der Waals surface area contributed by atoms with Gasteiger partial charge in [-0.15, -0.1) is 0 Å². The van der Waals surface area contributed by atoms with Crippen molar-refractivity contribution < 1.29 is 9.89 Å².